The fourth-order valence-electron chi connectivity index (χ4n) is 1.76. The SMILES string of the molecule is Cc1ncn(-c2ccc([N+](=O)[O-])cc2C(=O)O)c1C. The van der Waals surface area contributed by atoms with E-state index in [0.717, 1.165) is 17.5 Å². The highest BCUT2D eigenvalue weighted by atomic mass is 16.6. The fourth-order valence-corrected chi connectivity index (χ4v) is 1.76. The Labute approximate surface area is 108 Å². The summed E-state index contributed by atoms with van der Waals surface area (Å²) in [5, 5.41) is 19.9. The molecule has 0 spiro atoms. The van der Waals surface area contributed by atoms with Crippen molar-refractivity contribution in [1.29, 1.82) is 0 Å². The van der Waals surface area contributed by atoms with Crippen LogP contribution in [0.1, 0.15) is 21.7 Å². The number of nitrogens with zero attached hydrogens (tertiary/aromatic N) is 3. The van der Waals surface area contributed by atoms with E-state index >= 15 is 0 Å². The molecule has 7 nitrogen and oxygen atoms in total. The molecule has 0 fully saturated rings. The van der Waals surface area contributed by atoms with Crippen molar-refractivity contribution in [3.05, 3.63) is 51.6 Å². The Bertz CT molecular complexity index is 676. The smallest absolute Gasteiger partial charge is 0.338 e. The van der Waals surface area contributed by atoms with Gasteiger partial charge in [0.05, 0.1) is 28.2 Å². The zero-order valence-electron chi connectivity index (χ0n) is 10.3. The summed E-state index contributed by atoms with van der Waals surface area (Å²) in [6.07, 6.45) is 1.50. The number of nitro groups is 1. The van der Waals surface area contributed by atoms with Crippen LogP contribution in [0.25, 0.3) is 5.69 Å². The molecular formula is C12H11N3O4. The molecule has 0 unspecified atom stereocenters. The molecule has 0 bridgehead atoms. The van der Waals surface area contributed by atoms with Crippen molar-refractivity contribution < 1.29 is 14.8 Å². The molecule has 0 aliphatic carbocycles. The normalized spacial score (nSPS) is 10.4. The first kappa shape index (κ1) is 12.7. The van der Waals surface area contributed by atoms with Gasteiger partial charge in [0, 0.05) is 17.8 Å². The highest BCUT2D eigenvalue weighted by molar-refractivity contribution is 5.92. The summed E-state index contributed by atoms with van der Waals surface area (Å²) in [6.45, 7) is 3.60. The van der Waals surface area contributed by atoms with Crippen LogP contribution >= 0.6 is 0 Å². The first-order valence-electron chi connectivity index (χ1n) is 5.44. The van der Waals surface area contributed by atoms with Crippen molar-refractivity contribution in [2.75, 3.05) is 0 Å². The van der Waals surface area contributed by atoms with Crippen LogP contribution < -0.4 is 0 Å². The lowest BCUT2D eigenvalue weighted by molar-refractivity contribution is -0.384. The van der Waals surface area contributed by atoms with Crippen molar-refractivity contribution in [3.63, 3.8) is 0 Å². The molecule has 0 saturated heterocycles. The van der Waals surface area contributed by atoms with E-state index in [-0.39, 0.29) is 11.3 Å². The average Bonchev–Trinajstić information content (AvgIpc) is 2.69. The molecule has 0 radical (unpaired) electrons. The molecule has 1 aromatic heterocycles. The molecule has 98 valence electrons. The molecule has 2 aromatic rings. The number of aromatic nitrogens is 2. The molecule has 7 heteroatoms. The van der Waals surface area contributed by atoms with Crippen LogP contribution in [0.4, 0.5) is 5.69 Å². The largest absolute Gasteiger partial charge is 0.478 e. The van der Waals surface area contributed by atoms with E-state index in [2.05, 4.69) is 4.98 Å². The lowest BCUT2D eigenvalue weighted by Gasteiger charge is -2.09. The minimum absolute atomic E-state index is 0.130. The number of non-ortho nitro benzene ring substituents is 1. The number of nitro benzene ring substituents is 1. The van der Waals surface area contributed by atoms with Crippen LogP contribution in [0.15, 0.2) is 24.5 Å². The molecule has 19 heavy (non-hydrogen) atoms. The Kier molecular flexibility index (Phi) is 3.04. The Morgan fingerprint density at radius 3 is 2.58 bits per heavy atom. The minimum Gasteiger partial charge on any atom is -0.478 e. The molecule has 1 N–H and O–H groups in total. The number of imidazole rings is 1. The number of carboxylic acids is 1. The zero-order chi connectivity index (χ0) is 14.2. The van der Waals surface area contributed by atoms with Gasteiger partial charge in [-0.05, 0) is 19.9 Å². The lowest BCUT2D eigenvalue weighted by Crippen LogP contribution is -2.07. The van der Waals surface area contributed by atoms with Crippen molar-refractivity contribution in [2.24, 2.45) is 0 Å². The second kappa shape index (κ2) is 4.52. The van der Waals surface area contributed by atoms with E-state index in [9.17, 15) is 20.0 Å². The summed E-state index contributed by atoms with van der Waals surface area (Å²) in [6, 6.07) is 3.73. The molecule has 0 aliphatic heterocycles. The van der Waals surface area contributed by atoms with Gasteiger partial charge in [-0.3, -0.25) is 10.1 Å². The molecular weight excluding hydrogens is 250 g/mol. The summed E-state index contributed by atoms with van der Waals surface area (Å²) in [5.74, 6) is -1.22. The van der Waals surface area contributed by atoms with Crippen molar-refractivity contribution in [2.45, 2.75) is 13.8 Å². The number of aromatic carboxylic acids is 1. The van der Waals surface area contributed by atoms with Crippen molar-refractivity contribution >= 4 is 11.7 Å². The average molecular weight is 261 g/mol. The molecule has 0 atom stereocenters. The van der Waals surface area contributed by atoms with Gasteiger partial charge in [-0.2, -0.15) is 0 Å². The number of aryl methyl sites for hydroxylation is 1. The number of carboxylic acid groups (broad SMARTS) is 1. The van der Waals surface area contributed by atoms with Crippen molar-refractivity contribution in [1.82, 2.24) is 9.55 Å². The van der Waals surface area contributed by atoms with E-state index in [1.807, 2.05) is 0 Å². The second-order valence-electron chi connectivity index (χ2n) is 4.05. The van der Waals surface area contributed by atoms with Crippen LogP contribution in [0, 0.1) is 24.0 Å². The first-order chi connectivity index (χ1) is 8.91. The summed E-state index contributed by atoms with van der Waals surface area (Å²) >= 11 is 0. The summed E-state index contributed by atoms with van der Waals surface area (Å²) in [5.41, 5.74) is 1.53. The standard InChI is InChI=1S/C12H11N3O4/c1-7-8(2)14(6-13-7)11-4-3-9(15(18)19)5-10(11)12(16)17/h3-6H,1-2H3,(H,16,17). The number of carbonyl (C=O) groups is 1. The van der Waals surface area contributed by atoms with Crippen LogP contribution in [0.3, 0.4) is 0 Å². The van der Waals surface area contributed by atoms with Crippen molar-refractivity contribution in [3.8, 4) is 5.69 Å². The summed E-state index contributed by atoms with van der Waals surface area (Å²) in [7, 11) is 0. The van der Waals surface area contributed by atoms with E-state index in [1.165, 1.54) is 18.5 Å². The highest BCUT2D eigenvalue weighted by Gasteiger charge is 2.18. The molecule has 0 aliphatic rings. The predicted octanol–water partition coefficient (Wildman–Crippen LogP) is 2.10. The molecule has 1 aromatic carbocycles. The van der Waals surface area contributed by atoms with Gasteiger partial charge in [-0.15, -0.1) is 0 Å². The van der Waals surface area contributed by atoms with Gasteiger partial charge in [0.1, 0.15) is 0 Å². The predicted molar refractivity (Wildman–Crippen MR) is 66.7 cm³/mol. The highest BCUT2D eigenvalue weighted by Crippen LogP contribution is 2.23. The van der Waals surface area contributed by atoms with Crippen LogP contribution in [-0.4, -0.2) is 25.6 Å². The van der Waals surface area contributed by atoms with Gasteiger partial charge in [-0.1, -0.05) is 0 Å². The maximum atomic E-state index is 11.2. The monoisotopic (exact) mass is 261 g/mol. The van der Waals surface area contributed by atoms with E-state index < -0.39 is 10.9 Å². The third-order valence-corrected chi connectivity index (χ3v) is 2.93. The number of benzene rings is 1. The zero-order valence-corrected chi connectivity index (χ0v) is 10.3. The Balaban J connectivity index is 2.67. The van der Waals surface area contributed by atoms with E-state index in [4.69, 9.17) is 0 Å². The minimum atomic E-state index is -1.22. The molecule has 1 heterocycles. The first-order valence-corrected chi connectivity index (χ1v) is 5.44. The maximum absolute atomic E-state index is 11.2. The Morgan fingerprint density at radius 2 is 2.11 bits per heavy atom. The molecule has 0 amide bonds. The van der Waals surface area contributed by atoms with E-state index in [0.29, 0.717) is 5.69 Å². The Hall–Kier alpha value is -2.70. The summed E-state index contributed by atoms with van der Waals surface area (Å²) < 4.78 is 1.60. The number of rotatable bonds is 3. The summed E-state index contributed by atoms with van der Waals surface area (Å²) in [4.78, 5) is 25.4. The van der Waals surface area contributed by atoms with Crippen LogP contribution in [0.2, 0.25) is 0 Å². The quantitative estimate of drug-likeness (QED) is 0.673. The number of hydrogen-bond acceptors (Lipinski definition) is 4. The van der Waals surface area contributed by atoms with Gasteiger partial charge < -0.3 is 9.67 Å². The van der Waals surface area contributed by atoms with Gasteiger partial charge in [-0.25, -0.2) is 9.78 Å². The third kappa shape index (κ3) is 2.17. The lowest BCUT2D eigenvalue weighted by atomic mass is 10.1. The molecule has 0 saturated carbocycles. The number of hydrogen-bond donors (Lipinski definition) is 1. The van der Waals surface area contributed by atoms with Gasteiger partial charge in [0.15, 0.2) is 0 Å². The van der Waals surface area contributed by atoms with E-state index in [1.54, 1.807) is 18.4 Å². The molecule has 2 rings (SSSR count). The van der Waals surface area contributed by atoms with Crippen LogP contribution in [-0.2, 0) is 0 Å². The fraction of sp³-hybridized carbons (Fsp3) is 0.167. The van der Waals surface area contributed by atoms with Gasteiger partial charge >= 0.3 is 5.97 Å². The van der Waals surface area contributed by atoms with Crippen LogP contribution in [0.5, 0.6) is 0 Å². The Morgan fingerprint density at radius 1 is 1.42 bits per heavy atom. The third-order valence-electron chi connectivity index (χ3n) is 2.93. The van der Waals surface area contributed by atoms with Gasteiger partial charge in [0.25, 0.3) is 5.69 Å². The maximum Gasteiger partial charge on any atom is 0.338 e. The van der Waals surface area contributed by atoms with Gasteiger partial charge in [0.2, 0.25) is 0 Å². The second-order valence-corrected chi connectivity index (χ2v) is 4.05. The topological polar surface area (TPSA) is 98.3 Å².